The minimum atomic E-state index is -0.765. The zero-order valence-corrected chi connectivity index (χ0v) is 15.1. The van der Waals surface area contributed by atoms with Crippen molar-refractivity contribution in [3.63, 3.8) is 0 Å². The van der Waals surface area contributed by atoms with Crippen LogP contribution in [0.15, 0.2) is 57.7 Å². The van der Waals surface area contributed by atoms with Gasteiger partial charge in [-0.25, -0.2) is 9.59 Å². The summed E-state index contributed by atoms with van der Waals surface area (Å²) >= 11 is 0. The van der Waals surface area contributed by atoms with Crippen LogP contribution in [0.25, 0.3) is 11.0 Å². The molecule has 138 valence electrons. The van der Waals surface area contributed by atoms with Gasteiger partial charge in [-0.1, -0.05) is 30.3 Å². The first-order valence-electron chi connectivity index (χ1n) is 8.30. The Morgan fingerprint density at radius 3 is 2.30 bits per heavy atom. The fourth-order valence-corrected chi connectivity index (χ4v) is 2.63. The molecule has 3 aromatic rings. The van der Waals surface area contributed by atoms with Gasteiger partial charge < -0.3 is 14.3 Å². The van der Waals surface area contributed by atoms with E-state index in [0.717, 1.165) is 12.1 Å². The average molecular weight is 366 g/mol. The third kappa shape index (κ3) is 3.89. The van der Waals surface area contributed by atoms with E-state index >= 15 is 0 Å². The normalized spacial score (nSPS) is 11.4. The summed E-state index contributed by atoms with van der Waals surface area (Å²) < 4.78 is 10.4. The van der Waals surface area contributed by atoms with Gasteiger partial charge in [0.15, 0.2) is 5.78 Å². The van der Waals surface area contributed by atoms with Crippen molar-refractivity contribution >= 4 is 22.7 Å². The molecule has 27 heavy (non-hydrogen) atoms. The Bertz CT molecular complexity index is 1090. The fourth-order valence-electron chi connectivity index (χ4n) is 2.63. The molecule has 1 N–H and O–H groups in total. The zero-order chi connectivity index (χ0) is 19.8. The molecule has 0 unspecified atom stereocenters. The van der Waals surface area contributed by atoms with Crippen molar-refractivity contribution in [2.45, 2.75) is 26.4 Å². The van der Waals surface area contributed by atoms with Crippen LogP contribution in [-0.2, 0) is 4.74 Å². The number of phenols is 1. The molecule has 0 bridgehead atoms. The molecule has 0 spiro atoms. The molecule has 0 aliphatic carbocycles. The van der Waals surface area contributed by atoms with Gasteiger partial charge in [-0.15, -0.1) is 0 Å². The van der Waals surface area contributed by atoms with E-state index in [2.05, 4.69) is 0 Å². The number of carbonyl (C=O) groups excluding carboxylic acids is 2. The molecule has 0 saturated heterocycles. The first-order chi connectivity index (χ1) is 12.7. The SMILES string of the molecule is CC(C)(C)OC(=O)c1cc(=O)oc2cc(O)c(C(=O)c3ccccc3)cc12. The maximum atomic E-state index is 12.7. The van der Waals surface area contributed by atoms with E-state index in [1.807, 2.05) is 0 Å². The quantitative estimate of drug-likeness (QED) is 0.432. The van der Waals surface area contributed by atoms with E-state index in [0.29, 0.717) is 5.56 Å². The number of hydrogen-bond donors (Lipinski definition) is 1. The molecule has 6 nitrogen and oxygen atoms in total. The minimum Gasteiger partial charge on any atom is -0.507 e. The van der Waals surface area contributed by atoms with Gasteiger partial charge >= 0.3 is 11.6 Å². The summed E-state index contributed by atoms with van der Waals surface area (Å²) in [7, 11) is 0. The molecule has 0 aliphatic rings. The Kier molecular flexibility index (Phi) is 4.57. The van der Waals surface area contributed by atoms with E-state index < -0.39 is 23.0 Å². The number of esters is 1. The second kappa shape index (κ2) is 6.72. The van der Waals surface area contributed by atoms with Crippen LogP contribution in [0.5, 0.6) is 5.75 Å². The summed E-state index contributed by atoms with van der Waals surface area (Å²) in [5, 5.41) is 10.5. The van der Waals surface area contributed by atoms with Crippen LogP contribution in [0.2, 0.25) is 0 Å². The van der Waals surface area contributed by atoms with Crippen molar-refractivity contribution in [2.24, 2.45) is 0 Å². The van der Waals surface area contributed by atoms with Crippen LogP contribution in [0.4, 0.5) is 0 Å². The standard InChI is InChI=1S/C21H18O6/c1-21(2,3)27-20(25)14-10-18(23)26-17-11-16(22)15(9-13(14)17)19(24)12-7-5-4-6-8-12/h4-11,22H,1-3H3. The molecule has 0 radical (unpaired) electrons. The van der Waals surface area contributed by atoms with Crippen LogP contribution in [0.1, 0.15) is 47.1 Å². The van der Waals surface area contributed by atoms with Crippen LogP contribution < -0.4 is 5.63 Å². The first-order valence-corrected chi connectivity index (χ1v) is 8.30. The molecule has 0 aliphatic heterocycles. The third-order valence-corrected chi connectivity index (χ3v) is 3.76. The topological polar surface area (TPSA) is 93.8 Å². The lowest BCUT2D eigenvalue weighted by atomic mass is 9.99. The number of aromatic hydroxyl groups is 1. The highest BCUT2D eigenvalue weighted by molar-refractivity contribution is 6.13. The molecule has 0 atom stereocenters. The maximum Gasteiger partial charge on any atom is 0.339 e. The van der Waals surface area contributed by atoms with E-state index in [1.54, 1.807) is 51.1 Å². The van der Waals surface area contributed by atoms with E-state index in [4.69, 9.17) is 9.15 Å². The van der Waals surface area contributed by atoms with Crippen molar-refractivity contribution in [3.8, 4) is 5.75 Å². The van der Waals surface area contributed by atoms with E-state index in [-0.39, 0.29) is 27.8 Å². The molecule has 0 amide bonds. The molecule has 0 saturated carbocycles. The van der Waals surface area contributed by atoms with Gasteiger partial charge in [0.1, 0.15) is 16.9 Å². The van der Waals surface area contributed by atoms with Crippen LogP contribution in [-0.4, -0.2) is 22.5 Å². The zero-order valence-electron chi connectivity index (χ0n) is 15.1. The predicted molar refractivity (Wildman–Crippen MR) is 99.2 cm³/mol. The molecule has 2 aromatic carbocycles. The maximum absolute atomic E-state index is 12.7. The average Bonchev–Trinajstić information content (AvgIpc) is 2.59. The van der Waals surface area contributed by atoms with Gasteiger partial charge in [0.25, 0.3) is 0 Å². The van der Waals surface area contributed by atoms with Crippen molar-refractivity contribution < 1.29 is 23.8 Å². The number of ether oxygens (including phenoxy) is 1. The summed E-state index contributed by atoms with van der Waals surface area (Å²) in [6.07, 6.45) is 0. The first kappa shape index (κ1) is 18.4. The van der Waals surface area contributed by atoms with Crippen LogP contribution in [0, 0.1) is 0 Å². The van der Waals surface area contributed by atoms with Crippen molar-refractivity contribution in [3.05, 3.63) is 75.6 Å². The summed E-state index contributed by atoms with van der Waals surface area (Å²) in [4.78, 5) is 37.0. The van der Waals surface area contributed by atoms with Gasteiger partial charge in [-0.05, 0) is 26.8 Å². The molecular formula is C21H18O6. The van der Waals surface area contributed by atoms with Gasteiger partial charge in [-0.3, -0.25) is 4.79 Å². The Morgan fingerprint density at radius 2 is 1.67 bits per heavy atom. The summed E-state index contributed by atoms with van der Waals surface area (Å²) in [5.74, 6) is -1.48. The van der Waals surface area contributed by atoms with E-state index in [9.17, 15) is 19.5 Å². The second-order valence-corrected chi connectivity index (χ2v) is 7.04. The van der Waals surface area contributed by atoms with Gasteiger partial charge in [0.05, 0.1) is 11.1 Å². The Labute approximate surface area is 155 Å². The molecule has 6 heteroatoms. The Morgan fingerprint density at radius 1 is 1.00 bits per heavy atom. The molecule has 3 rings (SSSR count). The lowest BCUT2D eigenvalue weighted by Crippen LogP contribution is -2.24. The van der Waals surface area contributed by atoms with Gasteiger partial charge in [0, 0.05) is 23.1 Å². The Balaban J connectivity index is 2.19. The van der Waals surface area contributed by atoms with Crippen molar-refractivity contribution in [2.75, 3.05) is 0 Å². The smallest absolute Gasteiger partial charge is 0.339 e. The summed E-state index contributed by atoms with van der Waals surface area (Å²) in [5.41, 5.74) is -1.19. The van der Waals surface area contributed by atoms with E-state index in [1.165, 1.54) is 6.07 Å². The fraction of sp³-hybridized carbons (Fsp3) is 0.190. The van der Waals surface area contributed by atoms with Gasteiger partial charge in [0.2, 0.25) is 0 Å². The largest absolute Gasteiger partial charge is 0.507 e. The van der Waals surface area contributed by atoms with Crippen molar-refractivity contribution in [1.29, 1.82) is 0 Å². The highest BCUT2D eigenvalue weighted by atomic mass is 16.6. The number of carbonyl (C=O) groups is 2. The number of benzene rings is 2. The second-order valence-electron chi connectivity index (χ2n) is 7.04. The minimum absolute atomic E-state index is 0.00708. The number of ketones is 1. The molecule has 1 aromatic heterocycles. The monoisotopic (exact) mass is 366 g/mol. The molecule has 0 fully saturated rings. The highest BCUT2D eigenvalue weighted by Crippen LogP contribution is 2.29. The number of fused-ring (bicyclic) bond motifs is 1. The third-order valence-electron chi connectivity index (χ3n) is 3.76. The lowest BCUT2D eigenvalue weighted by molar-refractivity contribution is 0.00709. The lowest BCUT2D eigenvalue weighted by Gasteiger charge is -2.20. The van der Waals surface area contributed by atoms with Crippen molar-refractivity contribution in [1.82, 2.24) is 0 Å². The number of hydrogen-bond acceptors (Lipinski definition) is 6. The molecule has 1 heterocycles. The number of rotatable bonds is 3. The summed E-state index contributed by atoms with van der Waals surface area (Å²) in [6, 6.07) is 11.9. The Hall–Kier alpha value is -3.41. The molecular weight excluding hydrogens is 348 g/mol. The van der Waals surface area contributed by atoms with Crippen LogP contribution in [0.3, 0.4) is 0 Å². The van der Waals surface area contributed by atoms with Crippen LogP contribution >= 0.6 is 0 Å². The highest BCUT2D eigenvalue weighted by Gasteiger charge is 2.23. The predicted octanol–water partition coefficient (Wildman–Crippen LogP) is 3.68. The number of phenolic OH excluding ortho intramolecular Hbond substituents is 1. The summed E-state index contributed by atoms with van der Waals surface area (Å²) in [6.45, 7) is 5.11. The van der Waals surface area contributed by atoms with Gasteiger partial charge in [-0.2, -0.15) is 0 Å².